The molecule has 0 saturated carbocycles. The molecule has 0 aliphatic rings. The highest BCUT2D eigenvalue weighted by Gasteiger charge is 2.24. The van der Waals surface area contributed by atoms with Gasteiger partial charge in [0.15, 0.2) is 0 Å². The fourth-order valence-electron chi connectivity index (χ4n) is 3.31. The smallest absolute Gasteiger partial charge is 0.307 e. The number of carbonyl (C=O) groups is 1. The lowest BCUT2D eigenvalue weighted by Gasteiger charge is -2.22. The summed E-state index contributed by atoms with van der Waals surface area (Å²) < 4.78 is 7.31. The van der Waals surface area contributed by atoms with E-state index in [4.69, 9.17) is 9.72 Å². The Morgan fingerprint density at radius 3 is 2.65 bits per heavy atom. The minimum atomic E-state index is -0.161. The van der Waals surface area contributed by atoms with Crippen LogP contribution >= 0.6 is 0 Å². The average molecular weight is 353 g/mol. The van der Waals surface area contributed by atoms with Crippen molar-refractivity contribution in [2.75, 3.05) is 6.61 Å². The second kappa shape index (κ2) is 6.98. The van der Waals surface area contributed by atoms with Crippen molar-refractivity contribution in [3.05, 3.63) is 41.7 Å². The van der Waals surface area contributed by atoms with Crippen molar-refractivity contribution in [1.82, 2.24) is 14.5 Å². The average Bonchev–Trinajstić information content (AvgIpc) is 3.13. The van der Waals surface area contributed by atoms with Crippen LogP contribution in [0.1, 0.15) is 45.5 Å². The molecule has 0 amide bonds. The second-order valence-electron chi connectivity index (χ2n) is 7.59. The number of rotatable bonds is 5. The summed E-state index contributed by atoms with van der Waals surface area (Å²) >= 11 is 0. The van der Waals surface area contributed by atoms with Crippen LogP contribution in [0.25, 0.3) is 22.4 Å². The van der Waals surface area contributed by atoms with E-state index in [-0.39, 0.29) is 11.4 Å². The van der Waals surface area contributed by atoms with Crippen LogP contribution in [0.5, 0.6) is 0 Å². The first-order chi connectivity index (χ1) is 12.3. The fourth-order valence-corrected chi connectivity index (χ4v) is 3.31. The maximum Gasteiger partial charge on any atom is 0.307 e. The number of esters is 1. The Hall–Kier alpha value is -2.56. The van der Waals surface area contributed by atoms with Gasteiger partial charge in [-0.3, -0.25) is 4.79 Å². The van der Waals surface area contributed by atoms with Crippen molar-refractivity contribution in [2.24, 2.45) is 0 Å². The molecule has 0 fully saturated rings. The first-order valence-electron chi connectivity index (χ1n) is 9.12. The van der Waals surface area contributed by atoms with Crippen LogP contribution in [0, 0.1) is 6.92 Å². The van der Waals surface area contributed by atoms with Crippen LogP contribution in [0.15, 0.2) is 30.3 Å². The standard InChI is InChI=1S/C21H27N3O2/c1-6-26-19(25)11-12-24-14(2)15(13-18(24)21(3,4)5)20-22-16-9-7-8-10-17(16)23-20/h7-10,13H,6,11-12H2,1-5H3,(H,22,23). The Bertz CT molecular complexity index is 896. The molecule has 0 aliphatic carbocycles. The van der Waals surface area contributed by atoms with E-state index in [1.807, 2.05) is 31.2 Å². The topological polar surface area (TPSA) is 59.9 Å². The third kappa shape index (κ3) is 3.52. The minimum Gasteiger partial charge on any atom is -0.466 e. The van der Waals surface area contributed by atoms with E-state index in [0.29, 0.717) is 19.6 Å². The second-order valence-corrected chi connectivity index (χ2v) is 7.59. The lowest BCUT2D eigenvalue weighted by atomic mass is 9.92. The number of nitrogens with one attached hydrogen (secondary N) is 1. The number of aromatic nitrogens is 3. The molecule has 5 heteroatoms. The van der Waals surface area contributed by atoms with E-state index >= 15 is 0 Å². The normalized spacial score (nSPS) is 11.9. The number of ether oxygens (including phenoxy) is 1. The van der Waals surface area contributed by atoms with Crippen molar-refractivity contribution in [2.45, 2.75) is 53.0 Å². The van der Waals surface area contributed by atoms with Gasteiger partial charge in [0.1, 0.15) is 5.82 Å². The molecule has 2 heterocycles. The van der Waals surface area contributed by atoms with Crippen LogP contribution in [0.2, 0.25) is 0 Å². The fraction of sp³-hybridized carbons (Fsp3) is 0.429. The number of hydrogen-bond acceptors (Lipinski definition) is 3. The van der Waals surface area contributed by atoms with Crippen LogP contribution in [-0.2, 0) is 21.5 Å². The molecular weight excluding hydrogens is 326 g/mol. The number of fused-ring (bicyclic) bond motifs is 1. The van der Waals surface area contributed by atoms with Gasteiger partial charge >= 0.3 is 5.97 Å². The molecule has 0 bridgehead atoms. The highest BCUT2D eigenvalue weighted by atomic mass is 16.5. The van der Waals surface area contributed by atoms with Gasteiger partial charge in [-0.25, -0.2) is 4.98 Å². The zero-order chi connectivity index (χ0) is 18.9. The molecule has 1 aromatic carbocycles. The van der Waals surface area contributed by atoms with Gasteiger partial charge in [-0.2, -0.15) is 0 Å². The Balaban J connectivity index is 2.02. The number of para-hydroxylation sites is 2. The summed E-state index contributed by atoms with van der Waals surface area (Å²) in [5.74, 6) is 0.704. The van der Waals surface area contributed by atoms with Gasteiger partial charge < -0.3 is 14.3 Å². The van der Waals surface area contributed by atoms with E-state index in [9.17, 15) is 4.79 Å². The summed E-state index contributed by atoms with van der Waals surface area (Å²) in [6.45, 7) is 11.5. The summed E-state index contributed by atoms with van der Waals surface area (Å²) in [4.78, 5) is 20.0. The molecule has 3 aromatic rings. The van der Waals surface area contributed by atoms with E-state index in [0.717, 1.165) is 28.1 Å². The number of hydrogen-bond donors (Lipinski definition) is 1. The zero-order valence-corrected chi connectivity index (χ0v) is 16.2. The summed E-state index contributed by atoms with van der Waals surface area (Å²) in [5.41, 5.74) is 5.32. The number of H-pyrrole nitrogens is 1. The Labute approximate surface area is 154 Å². The quantitative estimate of drug-likeness (QED) is 0.683. The SMILES string of the molecule is CCOC(=O)CCn1c(C(C)(C)C)cc(-c2nc3ccccc3[nH]2)c1C. The zero-order valence-electron chi connectivity index (χ0n) is 16.2. The first kappa shape index (κ1) is 18.2. The van der Waals surface area contributed by atoms with Crippen LogP contribution in [0.3, 0.4) is 0 Å². The predicted molar refractivity (Wildman–Crippen MR) is 104 cm³/mol. The molecule has 138 valence electrons. The summed E-state index contributed by atoms with van der Waals surface area (Å²) in [7, 11) is 0. The number of aromatic amines is 1. The number of nitrogens with zero attached hydrogens (tertiary/aromatic N) is 2. The van der Waals surface area contributed by atoms with Gasteiger partial charge in [0, 0.05) is 28.9 Å². The molecule has 0 radical (unpaired) electrons. The molecule has 0 saturated heterocycles. The molecular formula is C21H27N3O2. The monoisotopic (exact) mass is 353 g/mol. The molecule has 5 nitrogen and oxygen atoms in total. The van der Waals surface area contributed by atoms with E-state index < -0.39 is 0 Å². The van der Waals surface area contributed by atoms with Crippen LogP contribution in [0.4, 0.5) is 0 Å². The number of carbonyl (C=O) groups excluding carboxylic acids is 1. The lowest BCUT2D eigenvalue weighted by molar-refractivity contribution is -0.143. The largest absolute Gasteiger partial charge is 0.466 e. The molecule has 0 aliphatic heterocycles. The highest BCUT2D eigenvalue weighted by Crippen LogP contribution is 2.33. The summed E-state index contributed by atoms with van der Waals surface area (Å²) in [5, 5.41) is 0. The molecule has 2 aromatic heterocycles. The third-order valence-corrected chi connectivity index (χ3v) is 4.62. The van der Waals surface area contributed by atoms with E-state index in [1.165, 1.54) is 5.69 Å². The maximum atomic E-state index is 11.8. The van der Waals surface area contributed by atoms with Crippen molar-refractivity contribution in [1.29, 1.82) is 0 Å². The third-order valence-electron chi connectivity index (χ3n) is 4.62. The molecule has 1 N–H and O–H groups in total. The summed E-state index contributed by atoms with van der Waals surface area (Å²) in [6, 6.07) is 10.2. The molecule has 0 atom stereocenters. The van der Waals surface area contributed by atoms with Gasteiger partial charge in [-0.1, -0.05) is 32.9 Å². The van der Waals surface area contributed by atoms with Gasteiger partial charge in [0.2, 0.25) is 0 Å². The minimum absolute atomic E-state index is 0.0380. The Morgan fingerprint density at radius 2 is 2.00 bits per heavy atom. The highest BCUT2D eigenvalue weighted by molar-refractivity contribution is 5.80. The van der Waals surface area contributed by atoms with Crippen molar-refractivity contribution >= 4 is 17.0 Å². The molecule has 3 rings (SSSR count). The first-order valence-corrected chi connectivity index (χ1v) is 9.12. The van der Waals surface area contributed by atoms with Crippen molar-refractivity contribution < 1.29 is 9.53 Å². The van der Waals surface area contributed by atoms with E-state index in [1.54, 1.807) is 0 Å². The summed E-state index contributed by atoms with van der Waals surface area (Å²) in [6.07, 6.45) is 0.367. The number of imidazole rings is 1. The lowest BCUT2D eigenvalue weighted by Crippen LogP contribution is -2.20. The Kier molecular flexibility index (Phi) is 4.90. The maximum absolute atomic E-state index is 11.8. The predicted octanol–water partition coefficient (Wildman–Crippen LogP) is 4.59. The van der Waals surface area contributed by atoms with Crippen LogP contribution < -0.4 is 0 Å². The van der Waals surface area contributed by atoms with Crippen LogP contribution in [-0.4, -0.2) is 27.1 Å². The van der Waals surface area contributed by atoms with Gasteiger partial charge in [0.25, 0.3) is 0 Å². The molecule has 0 spiro atoms. The van der Waals surface area contributed by atoms with Gasteiger partial charge in [-0.05, 0) is 32.0 Å². The molecule has 26 heavy (non-hydrogen) atoms. The van der Waals surface area contributed by atoms with Crippen molar-refractivity contribution in [3.63, 3.8) is 0 Å². The number of benzene rings is 1. The van der Waals surface area contributed by atoms with E-state index in [2.05, 4.69) is 43.3 Å². The van der Waals surface area contributed by atoms with Gasteiger partial charge in [0.05, 0.1) is 24.1 Å². The van der Waals surface area contributed by atoms with Crippen molar-refractivity contribution in [3.8, 4) is 11.4 Å². The Morgan fingerprint density at radius 1 is 1.27 bits per heavy atom. The molecule has 0 unspecified atom stereocenters. The van der Waals surface area contributed by atoms with Gasteiger partial charge in [-0.15, -0.1) is 0 Å².